The summed E-state index contributed by atoms with van der Waals surface area (Å²) in [5.74, 6) is 0.0516. The third-order valence-corrected chi connectivity index (χ3v) is 3.43. The largest absolute Gasteiger partial charge is 0.377 e. The van der Waals surface area contributed by atoms with Gasteiger partial charge in [-0.1, -0.05) is 65.8 Å². The van der Waals surface area contributed by atoms with E-state index in [9.17, 15) is 0 Å². The molecule has 0 bridgehead atoms. The van der Waals surface area contributed by atoms with Crippen molar-refractivity contribution in [3.63, 3.8) is 0 Å². The van der Waals surface area contributed by atoms with Crippen molar-refractivity contribution in [3.8, 4) is 6.07 Å². The number of hydrogen-bond donors (Lipinski definition) is 0. The topological polar surface area (TPSA) is 45.4 Å². The van der Waals surface area contributed by atoms with Crippen LogP contribution < -0.4 is 0 Å². The molecule has 2 aromatic carbocycles. The van der Waals surface area contributed by atoms with Gasteiger partial charge in [0.25, 0.3) is 0 Å². The van der Waals surface area contributed by atoms with Crippen LogP contribution in [0, 0.1) is 11.3 Å². The van der Waals surface area contributed by atoms with Crippen molar-refractivity contribution in [1.82, 2.24) is 0 Å². The lowest BCUT2D eigenvalue weighted by molar-refractivity contribution is 0.125. The predicted octanol–water partition coefficient (Wildman–Crippen LogP) is 3.49. The Balaban J connectivity index is 2.00. The van der Waals surface area contributed by atoms with Crippen LogP contribution >= 0.6 is 0 Å². The molecule has 0 fully saturated rings. The Morgan fingerprint density at radius 2 is 1.55 bits per heavy atom. The first kappa shape index (κ1) is 12.4. The molecule has 0 saturated carbocycles. The van der Waals surface area contributed by atoms with E-state index in [1.165, 1.54) is 11.1 Å². The molecule has 3 heteroatoms. The summed E-state index contributed by atoms with van der Waals surface area (Å²) in [5, 5.41) is 13.1. The average Bonchev–Trinajstić information content (AvgIpc) is 2.98. The van der Waals surface area contributed by atoms with Gasteiger partial charge in [0, 0.05) is 6.42 Å². The second-order valence-electron chi connectivity index (χ2n) is 4.76. The lowest BCUT2D eigenvalue weighted by Crippen LogP contribution is -2.14. The number of hydrogen-bond acceptors (Lipinski definition) is 3. The number of benzene rings is 2. The summed E-state index contributed by atoms with van der Waals surface area (Å²) in [6, 6.07) is 22.5. The lowest BCUT2D eigenvalue weighted by Gasteiger charge is -2.17. The molecule has 0 spiro atoms. The Kier molecular flexibility index (Phi) is 3.47. The summed E-state index contributed by atoms with van der Waals surface area (Å²) in [7, 11) is 0. The van der Waals surface area contributed by atoms with Crippen LogP contribution in [0.15, 0.2) is 65.8 Å². The van der Waals surface area contributed by atoms with Gasteiger partial charge < -0.3 is 4.84 Å². The fourth-order valence-corrected chi connectivity index (χ4v) is 2.50. The summed E-state index contributed by atoms with van der Waals surface area (Å²) in [4.78, 5) is 5.17. The summed E-state index contributed by atoms with van der Waals surface area (Å²) in [6.45, 7) is 0. The van der Waals surface area contributed by atoms with Crippen LogP contribution in [0.25, 0.3) is 0 Å². The van der Waals surface area contributed by atoms with Crippen LogP contribution in [0.3, 0.4) is 0 Å². The molecule has 0 N–H and O–H groups in total. The van der Waals surface area contributed by atoms with Crippen molar-refractivity contribution in [2.75, 3.05) is 0 Å². The molecule has 1 aliphatic heterocycles. The van der Waals surface area contributed by atoms with E-state index in [1.807, 2.05) is 36.4 Å². The van der Waals surface area contributed by atoms with E-state index in [2.05, 4.69) is 35.5 Å². The summed E-state index contributed by atoms with van der Waals surface area (Å²) >= 11 is 0. The minimum absolute atomic E-state index is 0.0516. The maximum absolute atomic E-state index is 8.96. The van der Waals surface area contributed by atoms with Crippen LogP contribution in [-0.2, 0) is 4.84 Å². The minimum Gasteiger partial charge on any atom is -0.377 e. The van der Waals surface area contributed by atoms with Crippen LogP contribution in [0.4, 0.5) is 0 Å². The Hall–Kier alpha value is -2.60. The first-order chi connectivity index (χ1) is 9.88. The van der Waals surface area contributed by atoms with Gasteiger partial charge in [0.05, 0.1) is 11.6 Å². The molecule has 1 atom stereocenters. The standard InChI is InChI=1S/C17H14N2O/c18-12-15-11-16(19-20-15)17(13-7-3-1-4-8-13)14-9-5-2-6-10-14/h1-10,15,17H,11H2. The van der Waals surface area contributed by atoms with Crippen LogP contribution in [0.1, 0.15) is 23.5 Å². The van der Waals surface area contributed by atoms with E-state index in [0.717, 1.165) is 5.71 Å². The van der Waals surface area contributed by atoms with Crippen LogP contribution in [0.5, 0.6) is 0 Å². The molecule has 0 saturated heterocycles. The molecule has 20 heavy (non-hydrogen) atoms. The molecule has 1 unspecified atom stereocenters. The molecule has 0 aromatic heterocycles. The Morgan fingerprint density at radius 1 is 1.00 bits per heavy atom. The van der Waals surface area contributed by atoms with Gasteiger partial charge in [0.2, 0.25) is 6.10 Å². The van der Waals surface area contributed by atoms with Crippen LogP contribution in [-0.4, -0.2) is 11.8 Å². The highest BCUT2D eigenvalue weighted by atomic mass is 16.6. The molecule has 98 valence electrons. The SMILES string of the molecule is N#CC1CC(C(c2ccccc2)c2ccccc2)=NO1. The molecule has 0 radical (unpaired) electrons. The predicted molar refractivity (Wildman–Crippen MR) is 77.3 cm³/mol. The van der Waals surface area contributed by atoms with Crippen molar-refractivity contribution in [1.29, 1.82) is 5.26 Å². The van der Waals surface area contributed by atoms with Crippen molar-refractivity contribution < 1.29 is 4.84 Å². The fourth-order valence-electron chi connectivity index (χ4n) is 2.50. The summed E-state index contributed by atoms with van der Waals surface area (Å²) < 4.78 is 0. The maximum atomic E-state index is 8.96. The Bertz CT molecular complexity index is 604. The quantitative estimate of drug-likeness (QED) is 0.850. The van der Waals surface area contributed by atoms with Gasteiger partial charge >= 0.3 is 0 Å². The van der Waals surface area contributed by atoms with Crippen molar-refractivity contribution >= 4 is 5.71 Å². The van der Waals surface area contributed by atoms with Crippen molar-refractivity contribution in [2.24, 2.45) is 5.16 Å². The van der Waals surface area contributed by atoms with E-state index in [-0.39, 0.29) is 5.92 Å². The minimum atomic E-state index is -0.458. The molecule has 0 aliphatic carbocycles. The van der Waals surface area contributed by atoms with E-state index in [0.29, 0.717) is 6.42 Å². The number of rotatable bonds is 3. The smallest absolute Gasteiger partial charge is 0.217 e. The summed E-state index contributed by atoms with van der Waals surface area (Å²) in [6.07, 6.45) is 0.102. The van der Waals surface area contributed by atoms with Crippen molar-refractivity contribution in [2.45, 2.75) is 18.4 Å². The first-order valence-corrected chi connectivity index (χ1v) is 6.60. The Morgan fingerprint density at radius 3 is 2.00 bits per heavy atom. The first-order valence-electron chi connectivity index (χ1n) is 6.60. The van der Waals surface area contributed by atoms with Gasteiger partial charge in [-0.3, -0.25) is 0 Å². The third kappa shape index (κ3) is 2.41. The van der Waals surface area contributed by atoms with E-state index in [1.54, 1.807) is 0 Å². The highest BCUT2D eigenvalue weighted by molar-refractivity contribution is 5.94. The molecule has 3 rings (SSSR count). The molecule has 3 nitrogen and oxygen atoms in total. The van der Waals surface area contributed by atoms with Crippen LogP contribution in [0.2, 0.25) is 0 Å². The van der Waals surface area contributed by atoms with Gasteiger partial charge in [-0.15, -0.1) is 0 Å². The van der Waals surface area contributed by atoms with Gasteiger partial charge in [0.1, 0.15) is 6.07 Å². The van der Waals surface area contributed by atoms with Gasteiger partial charge in [0.15, 0.2) is 0 Å². The van der Waals surface area contributed by atoms with Gasteiger partial charge in [-0.2, -0.15) is 5.26 Å². The lowest BCUT2D eigenvalue weighted by atomic mass is 9.85. The zero-order valence-electron chi connectivity index (χ0n) is 10.9. The highest BCUT2D eigenvalue weighted by Gasteiger charge is 2.29. The second kappa shape index (κ2) is 5.58. The molecule has 1 heterocycles. The molecule has 1 aliphatic rings. The zero-order chi connectivity index (χ0) is 13.8. The van der Waals surface area contributed by atoms with Gasteiger partial charge in [-0.05, 0) is 11.1 Å². The second-order valence-corrected chi connectivity index (χ2v) is 4.76. The Labute approximate surface area is 118 Å². The number of nitriles is 1. The van der Waals surface area contributed by atoms with E-state index >= 15 is 0 Å². The highest BCUT2D eigenvalue weighted by Crippen LogP contribution is 2.30. The zero-order valence-corrected chi connectivity index (χ0v) is 10.9. The summed E-state index contributed by atoms with van der Waals surface area (Å²) in [5.41, 5.74) is 3.24. The molecule has 0 amide bonds. The van der Waals surface area contributed by atoms with E-state index in [4.69, 9.17) is 10.1 Å². The number of nitrogens with zero attached hydrogens (tertiary/aromatic N) is 2. The molecule has 2 aromatic rings. The average molecular weight is 262 g/mol. The fraction of sp³-hybridized carbons (Fsp3) is 0.176. The normalized spacial score (nSPS) is 17.4. The maximum Gasteiger partial charge on any atom is 0.217 e. The monoisotopic (exact) mass is 262 g/mol. The van der Waals surface area contributed by atoms with E-state index < -0.39 is 6.10 Å². The molecular weight excluding hydrogens is 248 g/mol. The van der Waals surface area contributed by atoms with Gasteiger partial charge in [-0.25, -0.2) is 0 Å². The third-order valence-electron chi connectivity index (χ3n) is 3.43. The molecular formula is C17H14N2O. The van der Waals surface area contributed by atoms with Crippen molar-refractivity contribution in [3.05, 3.63) is 71.8 Å². The number of oxime groups is 1.